The molecular formula is C17H20F2N2O2. The van der Waals surface area contributed by atoms with E-state index in [-0.39, 0.29) is 18.4 Å². The van der Waals surface area contributed by atoms with Gasteiger partial charge in [-0.15, -0.1) is 0 Å². The molecule has 0 unspecified atom stereocenters. The first-order chi connectivity index (χ1) is 11.1. The van der Waals surface area contributed by atoms with Gasteiger partial charge in [0.25, 0.3) is 6.43 Å². The highest BCUT2D eigenvalue weighted by atomic mass is 19.3. The molecule has 0 spiro atoms. The number of hydrogen-bond acceptors (Lipinski definition) is 2. The molecule has 1 aromatic carbocycles. The number of ether oxygens (including phenoxy) is 1. The zero-order chi connectivity index (χ0) is 16.4. The average Bonchev–Trinajstić information content (AvgIpc) is 3.27. The maximum Gasteiger partial charge on any atom is 0.255 e. The van der Waals surface area contributed by atoms with Gasteiger partial charge < -0.3 is 14.6 Å². The zero-order valence-corrected chi connectivity index (χ0v) is 13.0. The Morgan fingerprint density at radius 2 is 2.22 bits per heavy atom. The van der Waals surface area contributed by atoms with Gasteiger partial charge in [0.05, 0.1) is 19.6 Å². The van der Waals surface area contributed by atoms with Gasteiger partial charge in [-0.2, -0.15) is 0 Å². The minimum Gasteiger partial charge on any atom is -0.493 e. The monoisotopic (exact) mass is 322 g/mol. The van der Waals surface area contributed by atoms with Gasteiger partial charge in [-0.05, 0) is 37.5 Å². The summed E-state index contributed by atoms with van der Waals surface area (Å²) in [5.41, 5.74) is 1.67. The number of carbonyl (C=O) groups excluding carboxylic acids is 1. The van der Waals surface area contributed by atoms with Gasteiger partial charge in [-0.25, -0.2) is 8.78 Å². The van der Waals surface area contributed by atoms with E-state index in [9.17, 15) is 13.6 Å². The normalized spacial score (nSPS) is 14.4. The third-order valence-corrected chi connectivity index (χ3v) is 4.03. The molecule has 0 radical (unpaired) electrons. The Kier molecular flexibility index (Phi) is 4.50. The third kappa shape index (κ3) is 3.46. The highest BCUT2D eigenvalue weighted by Crippen LogP contribution is 2.31. The van der Waals surface area contributed by atoms with Crippen LogP contribution in [0.4, 0.5) is 8.78 Å². The molecule has 6 heteroatoms. The van der Waals surface area contributed by atoms with Crippen LogP contribution in [0.2, 0.25) is 0 Å². The fourth-order valence-corrected chi connectivity index (χ4v) is 2.89. The topological polar surface area (TPSA) is 45.3 Å². The molecule has 23 heavy (non-hydrogen) atoms. The number of nitrogens with one attached hydrogen (secondary N) is 1. The van der Waals surface area contributed by atoms with Crippen LogP contribution >= 0.6 is 0 Å². The van der Waals surface area contributed by atoms with Gasteiger partial charge in [0, 0.05) is 23.1 Å². The first-order valence-electron chi connectivity index (χ1n) is 7.89. The second-order valence-electron chi connectivity index (χ2n) is 5.77. The Balaban J connectivity index is 1.84. The van der Waals surface area contributed by atoms with E-state index in [0.29, 0.717) is 12.4 Å². The Bertz CT molecular complexity index is 695. The fraction of sp³-hybridized carbons (Fsp3) is 0.471. The number of alkyl halides is 2. The van der Waals surface area contributed by atoms with Crippen molar-refractivity contribution in [1.82, 2.24) is 9.88 Å². The zero-order valence-electron chi connectivity index (χ0n) is 13.0. The van der Waals surface area contributed by atoms with Crippen molar-refractivity contribution in [3.8, 4) is 5.75 Å². The first kappa shape index (κ1) is 15.8. The molecular weight excluding hydrogens is 302 g/mol. The third-order valence-electron chi connectivity index (χ3n) is 4.03. The van der Waals surface area contributed by atoms with Crippen LogP contribution in [0.25, 0.3) is 10.9 Å². The van der Waals surface area contributed by atoms with Crippen molar-refractivity contribution in [1.29, 1.82) is 0 Å². The van der Waals surface area contributed by atoms with Gasteiger partial charge in [-0.3, -0.25) is 4.79 Å². The summed E-state index contributed by atoms with van der Waals surface area (Å²) in [6.45, 7) is 1.94. The second-order valence-corrected chi connectivity index (χ2v) is 5.77. The number of nitrogens with zero attached hydrogens (tertiary/aromatic N) is 1. The fourth-order valence-electron chi connectivity index (χ4n) is 2.89. The summed E-state index contributed by atoms with van der Waals surface area (Å²) in [5.74, 6) is 0.459. The molecule has 3 rings (SSSR count). The molecule has 1 aliphatic carbocycles. The molecule has 0 aliphatic heterocycles. The van der Waals surface area contributed by atoms with E-state index in [1.54, 1.807) is 6.20 Å². The molecule has 1 N–H and O–H groups in total. The van der Waals surface area contributed by atoms with Crippen LogP contribution in [0, 0.1) is 0 Å². The average molecular weight is 322 g/mol. The molecule has 1 aromatic heterocycles. The number of aromatic amines is 1. The van der Waals surface area contributed by atoms with E-state index in [0.717, 1.165) is 29.3 Å². The van der Waals surface area contributed by atoms with Crippen LogP contribution in [0.1, 0.15) is 25.3 Å². The van der Waals surface area contributed by atoms with Crippen molar-refractivity contribution in [3.05, 3.63) is 30.0 Å². The van der Waals surface area contributed by atoms with Crippen molar-refractivity contribution in [3.63, 3.8) is 0 Å². The number of benzene rings is 1. The van der Waals surface area contributed by atoms with Crippen LogP contribution in [0.3, 0.4) is 0 Å². The molecule has 1 amide bonds. The van der Waals surface area contributed by atoms with Gasteiger partial charge >= 0.3 is 0 Å². The summed E-state index contributed by atoms with van der Waals surface area (Å²) in [6.07, 6.45) is 1.00. The van der Waals surface area contributed by atoms with E-state index in [1.165, 1.54) is 4.90 Å². The molecule has 2 aromatic rings. The summed E-state index contributed by atoms with van der Waals surface area (Å²) in [6, 6.07) is 5.62. The maximum absolute atomic E-state index is 12.7. The number of halogens is 2. The number of fused-ring (bicyclic) bond motifs is 1. The molecule has 4 nitrogen and oxygen atoms in total. The summed E-state index contributed by atoms with van der Waals surface area (Å²) >= 11 is 0. The van der Waals surface area contributed by atoms with Crippen LogP contribution in [-0.2, 0) is 11.2 Å². The van der Waals surface area contributed by atoms with Crippen molar-refractivity contribution in [2.75, 3.05) is 13.2 Å². The minimum atomic E-state index is -2.50. The lowest BCUT2D eigenvalue weighted by Crippen LogP contribution is -2.37. The summed E-state index contributed by atoms with van der Waals surface area (Å²) in [7, 11) is 0. The first-order valence-corrected chi connectivity index (χ1v) is 7.89. The van der Waals surface area contributed by atoms with Crippen molar-refractivity contribution in [2.45, 2.75) is 38.7 Å². The SMILES string of the molecule is CCOc1cccc2[nH]cc(CC(=O)N(CC(F)F)C3CC3)c12. The van der Waals surface area contributed by atoms with Gasteiger partial charge in [0.2, 0.25) is 5.91 Å². The van der Waals surface area contributed by atoms with Crippen molar-refractivity contribution >= 4 is 16.8 Å². The van der Waals surface area contributed by atoms with Gasteiger partial charge in [0.1, 0.15) is 5.75 Å². The maximum atomic E-state index is 12.7. The summed E-state index contributed by atoms with van der Waals surface area (Å²) in [5, 5.41) is 0.857. The molecule has 0 bridgehead atoms. The summed E-state index contributed by atoms with van der Waals surface area (Å²) < 4.78 is 31.0. The quantitative estimate of drug-likeness (QED) is 0.849. The number of rotatable bonds is 7. The predicted molar refractivity (Wildman–Crippen MR) is 83.9 cm³/mol. The van der Waals surface area contributed by atoms with Crippen LogP contribution in [0.15, 0.2) is 24.4 Å². The van der Waals surface area contributed by atoms with Crippen LogP contribution in [0.5, 0.6) is 5.75 Å². The smallest absolute Gasteiger partial charge is 0.255 e. The molecule has 0 atom stereocenters. The Hall–Kier alpha value is -2.11. The number of H-pyrrole nitrogens is 1. The number of aromatic nitrogens is 1. The highest BCUT2D eigenvalue weighted by molar-refractivity contribution is 5.93. The highest BCUT2D eigenvalue weighted by Gasteiger charge is 2.34. The lowest BCUT2D eigenvalue weighted by molar-refractivity contribution is -0.133. The lowest BCUT2D eigenvalue weighted by Gasteiger charge is -2.22. The van der Waals surface area contributed by atoms with Crippen LogP contribution in [-0.4, -0.2) is 41.4 Å². The van der Waals surface area contributed by atoms with Crippen molar-refractivity contribution in [2.24, 2.45) is 0 Å². The van der Waals surface area contributed by atoms with Gasteiger partial charge in [0.15, 0.2) is 0 Å². The standard InChI is InChI=1S/C17H20F2N2O2/c1-2-23-14-5-3-4-13-17(14)11(9-20-13)8-16(22)21(10-15(18)19)12-6-7-12/h3-5,9,12,15,20H,2,6-8,10H2,1H3. The Morgan fingerprint density at radius 3 is 2.87 bits per heavy atom. The largest absolute Gasteiger partial charge is 0.493 e. The van der Waals surface area contributed by atoms with Crippen LogP contribution < -0.4 is 4.74 Å². The number of hydrogen-bond donors (Lipinski definition) is 1. The number of amides is 1. The molecule has 0 saturated heterocycles. The van der Waals surface area contributed by atoms with Crippen molar-refractivity contribution < 1.29 is 18.3 Å². The Labute approximate surface area is 133 Å². The predicted octanol–water partition coefficient (Wildman–Crippen LogP) is 3.37. The minimum absolute atomic E-state index is 0.0203. The van der Waals surface area contributed by atoms with Gasteiger partial charge in [-0.1, -0.05) is 6.07 Å². The molecule has 1 heterocycles. The van der Waals surface area contributed by atoms with E-state index >= 15 is 0 Å². The second kappa shape index (κ2) is 6.56. The van der Waals surface area contributed by atoms with E-state index in [2.05, 4.69) is 4.98 Å². The summed E-state index contributed by atoms with van der Waals surface area (Å²) in [4.78, 5) is 16.9. The molecule has 1 saturated carbocycles. The van der Waals surface area contributed by atoms with E-state index < -0.39 is 13.0 Å². The number of carbonyl (C=O) groups is 1. The lowest BCUT2D eigenvalue weighted by atomic mass is 10.1. The molecule has 1 aliphatic rings. The Morgan fingerprint density at radius 1 is 1.43 bits per heavy atom. The molecule has 1 fully saturated rings. The molecule has 124 valence electrons. The van der Waals surface area contributed by atoms with E-state index in [1.807, 2.05) is 25.1 Å². The van der Waals surface area contributed by atoms with E-state index in [4.69, 9.17) is 4.74 Å².